The zero-order valence-electron chi connectivity index (χ0n) is 11.2. The zero-order chi connectivity index (χ0) is 15.1. The summed E-state index contributed by atoms with van der Waals surface area (Å²) in [4.78, 5) is 15.4. The maximum absolute atomic E-state index is 13.4. The van der Waals surface area contributed by atoms with E-state index in [0.717, 1.165) is 0 Å². The number of carboxylic acid groups (broad SMARTS) is 1. The second kappa shape index (κ2) is 4.90. The summed E-state index contributed by atoms with van der Waals surface area (Å²) in [5.74, 6) is -2.09. The predicted molar refractivity (Wildman–Crippen MR) is 72.6 cm³/mol. The Morgan fingerprint density at radius 3 is 2.55 bits per heavy atom. The van der Waals surface area contributed by atoms with Crippen LogP contribution in [0.5, 0.6) is 0 Å². The van der Waals surface area contributed by atoms with Crippen LogP contribution in [-0.2, 0) is 5.41 Å². The number of benzene rings is 1. The SMILES string of the molecule is CC(C)(C)c1nc(-c2cccc(F)c2Cl)oc1C(=O)O. The van der Waals surface area contributed by atoms with Crippen molar-refractivity contribution in [2.24, 2.45) is 0 Å². The molecule has 6 heteroatoms. The first-order chi connectivity index (χ1) is 9.21. The lowest BCUT2D eigenvalue weighted by molar-refractivity contribution is 0.0659. The van der Waals surface area contributed by atoms with Crippen LogP contribution in [0.25, 0.3) is 11.5 Å². The highest BCUT2D eigenvalue weighted by Crippen LogP contribution is 2.34. The van der Waals surface area contributed by atoms with Crippen LogP contribution < -0.4 is 0 Å². The van der Waals surface area contributed by atoms with Crippen LogP contribution in [-0.4, -0.2) is 16.1 Å². The van der Waals surface area contributed by atoms with Gasteiger partial charge in [0, 0.05) is 5.41 Å². The molecule has 2 rings (SSSR count). The predicted octanol–water partition coefficient (Wildman–Crippen LogP) is 4.13. The number of aromatic nitrogens is 1. The minimum absolute atomic E-state index is 0.00294. The number of hydrogen-bond acceptors (Lipinski definition) is 3. The molecule has 20 heavy (non-hydrogen) atoms. The van der Waals surface area contributed by atoms with Crippen molar-refractivity contribution in [3.8, 4) is 11.5 Å². The van der Waals surface area contributed by atoms with E-state index in [1.807, 2.05) is 20.8 Å². The molecule has 106 valence electrons. The molecule has 4 nitrogen and oxygen atoms in total. The summed E-state index contributed by atoms with van der Waals surface area (Å²) in [5.41, 5.74) is -0.0000634. The number of carboxylic acids is 1. The van der Waals surface area contributed by atoms with Gasteiger partial charge in [-0.05, 0) is 12.1 Å². The quantitative estimate of drug-likeness (QED) is 0.905. The van der Waals surface area contributed by atoms with Crippen LogP contribution in [0.4, 0.5) is 4.39 Å². The summed E-state index contributed by atoms with van der Waals surface area (Å²) in [6.45, 7) is 5.44. The standard InChI is InChI=1S/C14H13ClFNO3/c1-14(2,3)11-10(13(18)19)20-12(17-11)7-5-4-6-8(16)9(7)15/h4-6H,1-3H3,(H,18,19). The van der Waals surface area contributed by atoms with Gasteiger partial charge in [-0.25, -0.2) is 14.2 Å². The maximum atomic E-state index is 13.4. The third kappa shape index (κ3) is 2.54. The molecule has 0 fully saturated rings. The van der Waals surface area contributed by atoms with Crippen LogP contribution in [0.3, 0.4) is 0 Å². The fourth-order valence-electron chi connectivity index (χ4n) is 1.76. The van der Waals surface area contributed by atoms with E-state index in [1.165, 1.54) is 18.2 Å². The minimum atomic E-state index is -1.22. The van der Waals surface area contributed by atoms with Gasteiger partial charge in [-0.2, -0.15) is 0 Å². The minimum Gasteiger partial charge on any atom is -0.475 e. The molecule has 0 unspecified atom stereocenters. The van der Waals surface area contributed by atoms with Gasteiger partial charge in [-0.1, -0.05) is 38.4 Å². The Morgan fingerprint density at radius 1 is 1.40 bits per heavy atom. The van der Waals surface area contributed by atoms with Gasteiger partial charge in [0.25, 0.3) is 0 Å². The molecule has 1 N–H and O–H groups in total. The van der Waals surface area contributed by atoms with E-state index in [9.17, 15) is 14.3 Å². The Labute approximate surface area is 120 Å². The molecule has 0 saturated heterocycles. The molecule has 1 aromatic carbocycles. The Kier molecular flexibility index (Phi) is 3.56. The first-order valence-corrected chi connectivity index (χ1v) is 6.28. The summed E-state index contributed by atoms with van der Waals surface area (Å²) in [5, 5.41) is 9.03. The number of rotatable bonds is 2. The van der Waals surface area contributed by atoms with Gasteiger partial charge in [-0.15, -0.1) is 0 Å². The number of aromatic carboxylic acids is 1. The van der Waals surface area contributed by atoms with E-state index in [-0.39, 0.29) is 22.2 Å². The van der Waals surface area contributed by atoms with Crippen LogP contribution in [0.15, 0.2) is 22.6 Å². The molecule has 0 aliphatic carbocycles. The highest BCUT2D eigenvalue weighted by molar-refractivity contribution is 6.33. The summed E-state index contributed by atoms with van der Waals surface area (Å²) in [6, 6.07) is 4.19. The summed E-state index contributed by atoms with van der Waals surface area (Å²) < 4.78 is 18.7. The first kappa shape index (κ1) is 14.5. The Bertz CT molecular complexity index is 674. The van der Waals surface area contributed by atoms with Crippen molar-refractivity contribution in [1.82, 2.24) is 4.98 Å². The topological polar surface area (TPSA) is 63.3 Å². The fraction of sp³-hybridized carbons (Fsp3) is 0.286. The molecule has 0 aliphatic rings. The van der Waals surface area contributed by atoms with E-state index < -0.39 is 17.2 Å². The Hall–Kier alpha value is -1.88. The van der Waals surface area contributed by atoms with Crippen LogP contribution in [0, 0.1) is 5.82 Å². The largest absolute Gasteiger partial charge is 0.475 e. The maximum Gasteiger partial charge on any atom is 0.373 e. The van der Waals surface area contributed by atoms with Crippen molar-refractivity contribution in [3.05, 3.63) is 40.5 Å². The molecule has 0 radical (unpaired) electrons. The van der Waals surface area contributed by atoms with Crippen LogP contribution in [0.1, 0.15) is 37.0 Å². The average Bonchev–Trinajstić information content (AvgIpc) is 2.77. The second-order valence-corrected chi connectivity index (χ2v) is 5.73. The summed E-state index contributed by atoms with van der Waals surface area (Å²) in [7, 11) is 0. The fourth-order valence-corrected chi connectivity index (χ4v) is 1.96. The lowest BCUT2D eigenvalue weighted by atomic mass is 9.91. The van der Waals surface area contributed by atoms with E-state index >= 15 is 0 Å². The van der Waals surface area contributed by atoms with Gasteiger partial charge >= 0.3 is 5.97 Å². The number of hydrogen-bond donors (Lipinski definition) is 1. The summed E-state index contributed by atoms with van der Waals surface area (Å²) >= 11 is 5.86. The lowest BCUT2D eigenvalue weighted by Crippen LogP contribution is -2.16. The van der Waals surface area contributed by atoms with Gasteiger partial charge < -0.3 is 9.52 Å². The number of carbonyl (C=O) groups is 1. The lowest BCUT2D eigenvalue weighted by Gasteiger charge is -2.14. The second-order valence-electron chi connectivity index (χ2n) is 5.35. The molecule has 1 aromatic heterocycles. The number of oxazole rings is 1. The Morgan fingerprint density at radius 2 is 2.05 bits per heavy atom. The van der Waals surface area contributed by atoms with Gasteiger partial charge in [0.15, 0.2) is 0 Å². The van der Waals surface area contributed by atoms with Crippen LogP contribution in [0.2, 0.25) is 5.02 Å². The van der Waals surface area contributed by atoms with Crippen molar-refractivity contribution in [1.29, 1.82) is 0 Å². The van der Waals surface area contributed by atoms with E-state index in [0.29, 0.717) is 5.69 Å². The molecule has 0 amide bonds. The van der Waals surface area contributed by atoms with Gasteiger partial charge in [0.05, 0.1) is 10.6 Å². The van der Waals surface area contributed by atoms with Gasteiger partial charge in [-0.3, -0.25) is 0 Å². The molecular weight excluding hydrogens is 285 g/mol. The van der Waals surface area contributed by atoms with Crippen molar-refractivity contribution in [2.75, 3.05) is 0 Å². The van der Waals surface area contributed by atoms with E-state index in [4.69, 9.17) is 16.0 Å². The molecule has 0 bridgehead atoms. The van der Waals surface area contributed by atoms with Crippen molar-refractivity contribution in [3.63, 3.8) is 0 Å². The zero-order valence-corrected chi connectivity index (χ0v) is 12.0. The molecule has 0 aliphatic heterocycles. The number of halogens is 2. The van der Waals surface area contributed by atoms with Crippen molar-refractivity contribution < 1.29 is 18.7 Å². The molecular formula is C14H13ClFNO3. The van der Waals surface area contributed by atoms with Crippen LogP contribution >= 0.6 is 11.6 Å². The molecule has 2 aromatic rings. The third-order valence-corrected chi connectivity index (χ3v) is 3.10. The van der Waals surface area contributed by atoms with Crippen molar-refractivity contribution in [2.45, 2.75) is 26.2 Å². The molecule has 0 saturated carbocycles. The monoisotopic (exact) mass is 297 g/mol. The molecule has 1 heterocycles. The number of nitrogens with zero attached hydrogens (tertiary/aromatic N) is 1. The van der Waals surface area contributed by atoms with Crippen molar-refractivity contribution >= 4 is 17.6 Å². The Balaban J connectivity index is 2.65. The molecule has 0 atom stereocenters. The first-order valence-electron chi connectivity index (χ1n) is 5.91. The van der Waals surface area contributed by atoms with E-state index in [2.05, 4.69) is 4.98 Å². The smallest absolute Gasteiger partial charge is 0.373 e. The van der Waals surface area contributed by atoms with E-state index in [1.54, 1.807) is 0 Å². The highest BCUT2D eigenvalue weighted by atomic mass is 35.5. The third-order valence-electron chi connectivity index (χ3n) is 2.71. The average molecular weight is 298 g/mol. The summed E-state index contributed by atoms with van der Waals surface area (Å²) in [6.07, 6.45) is 0. The normalized spacial score (nSPS) is 11.7. The van der Waals surface area contributed by atoms with Gasteiger partial charge in [0.1, 0.15) is 11.5 Å². The molecule has 0 spiro atoms. The highest BCUT2D eigenvalue weighted by Gasteiger charge is 2.29. The van der Waals surface area contributed by atoms with Gasteiger partial charge in [0.2, 0.25) is 11.7 Å².